The van der Waals surface area contributed by atoms with Crippen molar-refractivity contribution in [3.8, 4) is 6.07 Å². The molecule has 5 rings (SSSR count). The molecular formula is C27H23N3O. The molecule has 0 bridgehead atoms. The second kappa shape index (κ2) is 7.46. The lowest BCUT2D eigenvalue weighted by atomic mass is 9.78. The Bertz CT molecular complexity index is 1230. The van der Waals surface area contributed by atoms with Crippen molar-refractivity contribution in [3.05, 3.63) is 124 Å². The van der Waals surface area contributed by atoms with Gasteiger partial charge < -0.3 is 15.0 Å². The van der Waals surface area contributed by atoms with Gasteiger partial charge in [0, 0.05) is 22.5 Å². The third-order valence-corrected chi connectivity index (χ3v) is 6.12. The largest absolute Gasteiger partial charge is 0.356 e. The lowest BCUT2D eigenvalue weighted by molar-refractivity contribution is -0.0436. The third kappa shape index (κ3) is 2.94. The summed E-state index contributed by atoms with van der Waals surface area (Å²) >= 11 is 0. The second-order valence-corrected chi connectivity index (χ2v) is 7.88. The van der Waals surface area contributed by atoms with Crippen molar-refractivity contribution in [1.82, 2.24) is 4.98 Å². The van der Waals surface area contributed by atoms with Crippen LogP contribution in [0.25, 0.3) is 0 Å². The van der Waals surface area contributed by atoms with E-state index < -0.39 is 11.8 Å². The molecule has 1 atom stereocenters. The zero-order valence-corrected chi connectivity index (χ0v) is 17.5. The Kier molecular flexibility index (Phi) is 4.62. The number of hydrogen-bond donors (Lipinski definition) is 2. The summed E-state index contributed by atoms with van der Waals surface area (Å²) in [6.45, 7) is 3.96. The number of nitriles is 1. The van der Waals surface area contributed by atoms with E-state index in [0.29, 0.717) is 5.69 Å². The van der Waals surface area contributed by atoms with E-state index in [0.717, 1.165) is 39.2 Å². The first-order chi connectivity index (χ1) is 15.1. The van der Waals surface area contributed by atoms with Crippen molar-refractivity contribution in [1.29, 1.82) is 5.26 Å². The van der Waals surface area contributed by atoms with E-state index in [1.807, 2.05) is 62.4 Å². The Balaban J connectivity index is 1.80. The molecule has 0 amide bonds. The van der Waals surface area contributed by atoms with Crippen LogP contribution < -0.4 is 5.32 Å². The summed E-state index contributed by atoms with van der Waals surface area (Å²) in [4.78, 5) is 3.21. The summed E-state index contributed by atoms with van der Waals surface area (Å²) in [5.74, 6) is 0. The summed E-state index contributed by atoms with van der Waals surface area (Å²) in [7, 11) is 0. The topological polar surface area (TPSA) is 60.8 Å². The maximum Gasteiger partial charge on any atom is 0.158 e. The number of fused-ring (bicyclic) bond motifs is 1. The number of H-pyrrole nitrogens is 1. The summed E-state index contributed by atoms with van der Waals surface area (Å²) in [5, 5.41) is 13.1. The van der Waals surface area contributed by atoms with Crippen LogP contribution in [-0.2, 0) is 10.3 Å². The second-order valence-electron chi connectivity index (χ2n) is 7.88. The van der Waals surface area contributed by atoms with Crippen molar-refractivity contribution < 1.29 is 4.74 Å². The Hall–Kier alpha value is -3.81. The maximum absolute atomic E-state index is 9.53. The van der Waals surface area contributed by atoms with Crippen molar-refractivity contribution >= 4 is 5.69 Å². The standard InChI is InChI=1S/C27H23N3O/c1-18-24(17-28)29-19(2)25(18)26-30-23-16-10-9-15-22(23)27(31-26,20-11-5-3-6-12-20)21-13-7-4-8-14-21/h3-16,26,29-30H,1-2H3/t26-/m0/s1. The van der Waals surface area contributed by atoms with E-state index in [1.54, 1.807) is 0 Å². The van der Waals surface area contributed by atoms with Crippen LogP contribution in [0.15, 0.2) is 84.9 Å². The monoisotopic (exact) mass is 405 g/mol. The van der Waals surface area contributed by atoms with Crippen molar-refractivity contribution in [2.45, 2.75) is 25.7 Å². The Morgan fingerprint density at radius 2 is 1.42 bits per heavy atom. The molecular weight excluding hydrogens is 382 g/mol. The lowest BCUT2D eigenvalue weighted by Crippen LogP contribution is -2.41. The molecule has 4 aromatic rings. The summed E-state index contributed by atoms with van der Waals surface area (Å²) < 4.78 is 7.04. The van der Waals surface area contributed by atoms with E-state index in [-0.39, 0.29) is 0 Å². The normalized spacial score (nSPS) is 16.7. The SMILES string of the molecule is Cc1[nH]c(C#N)c(C)c1[C@H]1Nc2ccccc2C(c2ccccc2)(c2ccccc2)O1. The van der Waals surface area contributed by atoms with Crippen LogP contribution in [0.2, 0.25) is 0 Å². The molecule has 2 N–H and O–H groups in total. The van der Waals surface area contributed by atoms with Gasteiger partial charge in [-0.15, -0.1) is 0 Å². The average molecular weight is 406 g/mol. The van der Waals surface area contributed by atoms with E-state index in [4.69, 9.17) is 4.74 Å². The highest BCUT2D eigenvalue weighted by atomic mass is 16.5. The zero-order chi connectivity index (χ0) is 21.4. The molecule has 2 heterocycles. The molecule has 0 saturated carbocycles. The van der Waals surface area contributed by atoms with Crippen molar-refractivity contribution in [2.75, 3.05) is 5.32 Å². The number of anilines is 1. The number of nitrogens with zero attached hydrogens (tertiary/aromatic N) is 1. The fraction of sp³-hybridized carbons (Fsp3) is 0.148. The number of aromatic amines is 1. The number of aromatic nitrogens is 1. The highest BCUT2D eigenvalue weighted by molar-refractivity contribution is 5.64. The smallest absolute Gasteiger partial charge is 0.158 e. The van der Waals surface area contributed by atoms with Crippen LogP contribution in [0.4, 0.5) is 5.69 Å². The van der Waals surface area contributed by atoms with E-state index in [9.17, 15) is 5.26 Å². The van der Waals surface area contributed by atoms with Crippen LogP contribution in [0, 0.1) is 25.2 Å². The quantitative estimate of drug-likeness (QED) is 0.444. The Labute approximate surface area is 182 Å². The molecule has 0 radical (unpaired) electrons. The van der Waals surface area contributed by atoms with Crippen LogP contribution in [0.5, 0.6) is 0 Å². The van der Waals surface area contributed by atoms with Gasteiger partial charge in [-0.1, -0.05) is 78.9 Å². The number of hydrogen-bond acceptors (Lipinski definition) is 3. The van der Waals surface area contributed by atoms with Crippen molar-refractivity contribution in [2.24, 2.45) is 0 Å². The zero-order valence-electron chi connectivity index (χ0n) is 17.5. The van der Waals surface area contributed by atoms with Crippen LogP contribution in [-0.4, -0.2) is 4.98 Å². The van der Waals surface area contributed by atoms with Gasteiger partial charge in [-0.2, -0.15) is 5.26 Å². The number of benzene rings is 3. The molecule has 0 spiro atoms. The molecule has 0 fully saturated rings. The molecule has 1 aliphatic heterocycles. The molecule has 4 nitrogen and oxygen atoms in total. The fourth-order valence-electron chi connectivity index (χ4n) is 4.69. The summed E-state index contributed by atoms with van der Waals surface area (Å²) in [6.07, 6.45) is -0.423. The number of nitrogens with one attached hydrogen (secondary N) is 2. The first-order valence-electron chi connectivity index (χ1n) is 10.4. The number of rotatable bonds is 3. The van der Waals surface area contributed by atoms with Gasteiger partial charge in [-0.3, -0.25) is 0 Å². The van der Waals surface area contributed by atoms with Crippen molar-refractivity contribution in [3.63, 3.8) is 0 Å². The minimum absolute atomic E-state index is 0.423. The number of ether oxygens (including phenoxy) is 1. The van der Waals surface area contributed by atoms with Gasteiger partial charge in [-0.05, 0) is 36.6 Å². The van der Waals surface area contributed by atoms with Gasteiger partial charge in [0.15, 0.2) is 6.23 Å². The average Bonchev–Trinajstić information content (AvgIpc) is 3.12. The molecule has 0 aliphatic carbocycles. The van der Waals surface area contributed by atoms with Gasteiger partial charge in [-0.25, -0.2) is 0 Å². The van der Waals surface area contributed by atoms with Crippen LogP contribution in [0.1, 0.15) is 45.4 Å². The molecule has 1 aromatic heterocycles. The van der Waals surface area contributed by atoms with Crippen LogP contribution >= 0.6 is 0 Å². The summed E-state index contributed by atoms with van der Waals surface area (Å²) in [5.41, 5.74) is 6.80. The molecule has 1 aliphatic rings. The molecule has 0 unspecified atom stereocenters. The summed E-state index contributed by atoms with van der Waals surface area (Å²) in [6, 6.07) is 31.2. The molecule has 3 aromatic carbocycles. The first kappa shape index (κ1) is 19.2. The van der Waals surface area contributed by atoms with Gasteiger partial charge in [0.2, 0.25) is 0 Å². The lowest BCUT2D eigenvalue weighted by Gasteiger charge is -2.44. The van der Waals surface area contributed by atoms with E-state index in [1.165, 1.54) is 0 Å². The number of para-hydroxylation sites is 1. The van der Waals surface area contributed by atoms with Gasteiger partial charge in [0.25, 0.3) is 0 Å². The molecule has 152 valence electrons. The van der Waals surface area contributed by atoms with Crippen LogP contribution in [0.3, 0.4) is 0 Å². The van der Waals surface area contributed by atoms with E-state index in [2.05, 4.69) is 52.8 Å². The predicted molar refractivity (Wildman–Crippen MR) is 122 cm³/mol. The predicted octanol–water partition coefficient (Wildman–Crippen LogP) is 5.94. The highest BCUT2D eigenvalue weighted by Crippen LogP contribution is 2.50. The Morgan fingerprint density at radius 1 is 0.839 bits per heavy atom. The van der Waals surface area contributed by atoms with Gasteiger partial charge in [0.1, 0.15) is 17.4 Å². The molecule has 0 saturated heterocycles. The molecule has 4 heteroatoms. The molecule has 31 heavy (non-hydrogen) atoms. The minimum Gasteiger partial charge on any atom is -0.356 e. The fourth-order valence-corrected chi connectivity index (χ4v) is 4.69. The van der Waals surface area contributed by atoms with Gasteiger partial charge in [0.05, 0.1) is 0 Å². The maximum atomic E-state index is 9.53. The minimum atomic E-state index is -0.794. The Morgan fingerprint density at radius 3 is 2.00 bits per heavy atom. The van der Waals surface area contributed by atoms with Gasteiger partial charge >= 0.3 is 0 Å². The first-order valence-corrected chi connectivity index (χ1v) is 10.4. The number of aryl methyl sites for hydroxylation is 1. The highest BCUT2D eigenvalue weighted by Gasteiger charge is 2.45. The third-order valence-electron chi connectivity index (χ3n) is 6.12. The van der Waals surface area contributed by atoms with E-state index >= 15 is 0 Å².